The van der Waals surface area contributed by atoms with Gasteiger partial charge in [-0.15, -0.1) is 5.10 Å². The van der Waals surface area contributed by atoms with Gasteiger partial charge < -0.3 is 10.4 Å². The van der Waals surface area contributed by atoms with Crippen LogP contribution in [0.1, 0.15) is 38.1 Å². The average Bonchev–Trinajstić information content (AvgIpc) is 3.36. The van der Waals surface area contributed by atoms with E-state index in [0.29, 0.717) is 18.3 Å². The van der Waals surface area contributed by atoms with Crippen LogP contribution in [0.3, 0.4) is 0 Å². The van der Waals surface area contributed by atoms with Crippen LogP contribution in [0.4, 0.5) is 0 Å². The maximum atomic E-state index is 11.8. The maximum Gasteiger partial charge on any atom is 0.230 e. The second-order valence-corrected chi connectivity index (χ2v) is 6.62. The first-order valence-corrected chi connectivity index (χ1v) is 7.99. The topological polar surface area (TPSA) is 92.9 Å². The van der Waals surface area contributed by atoms with Crippen LogP contribution in [0.15, 0.2) is 5.16 Å². The molecule has 0 bridgehead atoms. The predicted octanol–water partition coefficient (Wildman–Crippen LogP) is 0.379. The van der Waals surface area contributed by atoms with Gasteiger partial charge in [-0.1, -0.05) is 11.8 Å². The Kier molecular flexibility index (Phi) is 3.93. The normalized spacial score (nSPS) is 19.9. The zero-order valence-electron chi connectivity index (χ0n) is 11.3. The molecule has 0 atom stereocenters. The summed E-state index contributed by atoms with van der Waals surface area (Å²) >= 11 is 1.38. The number of carbonyl (C=O) groups excluding carboxylic acids is 1. The molecule has 0 radical (unpaired) electrons. The van der Waals surface area contributed by atoms with Gasteiger partial charge in [0, 0.05) is 13.2 Å². The Morgan fingerprint density at radius 1 is 1.50 bits per heavy atom. The third-order valence-corrected chi connectivity index (χ3v) is 4.88. The lowest BCUT2D eigenvalue weighted by atomic mass is 10.0. The first-order chi connectivity index (χ1) is 9.72. The van der Waals surface area contributed by atoms with E-state index in [1.165, 1.54) is 11.8 Å². The van der Waals surface area contributed by atoms with Crippen LogP contribution < -0.4 is 5.32 Å². The molecule has 2 aliphatic carbocycles. The molecule has 0 unspecified atom stereocenters. The van der Waals surface area contributed by atoms with E-state index in [2.05, 4.69) is 20.8 Å². The van der Waals surface area contributed by atoms with Crippen molar-refractivity contribution in [3.8, 4) is 0 Å². The number of carbonyl (C=O) groups is 1. The van der Waals surface area contributed by atoms with E-state index in [1.54, 1.807) is 0 Å². The molecule has 0 aliphatic heterocycles. The van der Waals surface area contributed by atoms with Crippen molar-refractivity contribution in [2.24, 2.45) is 5.41 Å². The minimum absolute atomic E-state index is 0.00422. The lowest BCUT2D eigenvalue weighted by molar-refractivity contribution is -0.118. The summed E-state index contributed by atoms with van der Waals surface area (Å²) < 4.78 is 1.81. The van der Waals surface area contributed by atoms with Gasteiger partial charge in [0.2, 0.25) is 11.1 Å². The first-order valence-electron chi connectivity index (χ1n) is 7.01. The van der Waals surface area contributed by atoms with Crippen LogP contribution in [-0.2, 0) is 4.79 Å². The average molecular weight is 297 g/mol. The Balaban J connectivity index is 1.42. The van der Waals surface area contributed by atoms with Gasteiger partial charge in [-0.25, -0.2) is 4.68 Å². The molecule has 3 rings (SSSR count). The predicted molar refractivity (Wildman–Crippen MR) is 73.2 cm³/mol. The SMILES string of the molecule is O=C(CSc1nnnn1C1CC1)NCC1(CCO)CC1. The molecule has 20 heavy (non-hydrogen) atoms. The Morgan fingerprint density at radius 2 is 2.30 bits per heavy atom. The van der Waals surface area contributed by atoms with Crippen molar-refractivity contribution >= 4 is 17.7 Å². The number of nitrogens with one attached hydrogen (secondary N) is 1. The molecule has 2 N–H and O–H groups in total. The molecule has 7 nitrogen and oxygen atoms in total. The summed E-state index contributed by atoms with van der Waals surface area (Å²) in [4.78, 5) is 11.8. The van der Waals surface area contributed by atoms with E-state index in [0.717, 1.165) is 37.3 Å². The monoisotopic (exact) mass is 297 g/mol. The van der Waals surface area contributed by atoms with Crippen molar-refractivity contribution in [1.29, 1.82) is 0 Å². The Labute approximate surface area is 121 Å². The quantitative estimate of drug-likeness (QED) is 0.674. The second-order valence-electron chi connectivity index (χ2n) is 5.68. The highest BCUT2D eigenvalue weighted by Crippen LogP contribution is 2.47. The molecule has 1 heterocycles. The number of aliphatic hydroxyl groups excluding tert-OH is 1. The maximum absolute atomic E-state index is 11.8. The number of aliphatic hydroxyl groups is 1. The van der Waals surface area contributed by atoms with Gasteiger partial charge in [-0.3, -0.25) is 4.79 Å². The Bertz CT molecular complexity index is 484. The van der Waals surface area contributed by atoms with Gasteiger partial charge in [-0.2, -0.15) is 0 Å². The number of aromatic nitrogens is 4. The number of rotatable bonds is 8. The fourth-order valence-corrected chi connectivity index (χ4v) is 3.00. The van der Waals surface area contributed by atoms with Crippen LogP contribution in [-0.4, -0.2) is 50.1 Å². The highest BCUT2D eigenvalue weighted by atomic mass is 32.2. The molecule has 1 amide bonds. The molecule has 110 valence electrons. The Morgan fingerprint density at radius 3 is 2.95 bits per heavy atom. The number of hydrogen-bond acceptors (Lipinski definition) is 6. The lowest BCUT2D eigenvalue weighted by Crippen LogP contribution is -2.32. The fourth-order valence-electron chi connectivity index (χ4n) is 2.23. The number of amides is 1. The van der Waals surface area contributed by atoms with Crippen LogP contribution in [0.5, 0.6) is 0 Å². The highest BCUT2D eigenvalue weighted by molar-refractivity contribution is 7.99. The standard InChI is InChI=1S/C12H19N5O2S/c18-6-5-12(3-4-12)8-13-10(19)7-20-11-14-15-16-17(11)9-1-2-9/h9,18H,1-8H2,(H,13,19). The molecule has 0 saturated heterocycles. The molecular formula is C12H19N5O2S. The number of hydrogen-bond donors (Lipinski definition) is 2. The molecule has 0 aromatic carbocycles. The summed E-state index contributed by atoms with van der Waals surface area (Å²) in [7, 11) is 0. The number of nitrogens with zero attached hydrogens (tertiary/aromatic N) is 4. The van der Waals surface area contributed by atoms with E-state index in [1.807, 2.05) is 4.68 Å². The molecule has 0 spiro atoms. The molecule has 8 heteroatoms. The smallest absolute Gasteiger partial charge is 0.230 e. The molecule has 1 aromatic heterocycles. The molecule has 1 aromatic rings. The summed E-state index contributed by atoms with van der Waals surface area (Å²) in [6, 6.07) is 0.426. The van der Waals surface area contributed by atoms with Crippen LogP contribution in [0, 0.1) is 5.41 Å². The van der Waals surface area contributed by atoms with Crippen molar-refractivity contribution in [1.82, 2.24) is 25.5 Å². The van der Waals surface area contributed by atoms with Crippen molar-refractivity contribution in [3.05, 3.63) is 0 Å². The third-order valence-electron chi connectivity index (χ3n) is 3.95. The van der Waals surface area contributed by atoms with Crippen LogP contribution in [0.2, 0.25) is 0 Å². The van der Waals surface area contributed by atoms with E-state index in [4.69, 9.17) is 5.11 Å². The van der Waals surface area contributed by atoms with Gasteiger partial charge in [0.15, 0.2) is 0 Å². The van der Waals surface area contributed by atoms with Gasteiger partial charge in [-0.05, 0) is 47.9 Å². The van der Waals surface area contributed by atoms with Crippen LogP contribution in [0.25, 0.3) is 0 Å². The minimum atomic E-state index is 0.00422. The highest BCUT2D eigenvalue weighted by Gasteiger charge is 2.41. The summed E-state index contributed by atoms with van der Waals surface area (Å²) in [5.41, 5.74) is 0.157. The van der Waals surface area contributed by atoms with Gasteiger partial charge >= 0.3 is 0 Å². The van der Waals surface area contributed by atoms with Gasteiger partial charge in [0.05, 0.1) is 11.8 Å². The van der Waals surface area contributed by atoms with Gasteiger partial charge in [0.1, 0.15) is 0 Å². The fraction of sp³-hybridized carbons (Fsp3) is 0.833. The van der Waals surface area contributed by atoms with Crippen LogP contribution >= 0.6 is 11.8 Å². The van der Waals surface area contributed by atoms with E-state index in [9.17, 15) is 4.79 Å². The van der Waals surface area contributed by atoms with Crippen molar-refractivity contribution in [2.45, 2.75) is 43.3 Å². The number of tetrazole rings is 1. The van der Waals surface area contributed by atoms with E-state index < -0.39 is 0 Å². The van der Waals surface area contributed by atoms with Crippen molar-refractivity contribution < 1.29 is 9.90 Å². The molecule has 2 aliphatic rings. The zero-order valence-corrected chi connectivity index (χ0v) is 12.1. The summed E-state index contributed by atoms with van der Waals surface area (Å²) in [5.74, 6) is 0.340. The van der Waals surface area contributed by atoms with Crippen molar-refractivity contribution in [2.75, 3.05) is 18.9 Å². The minimum Gasteiger partial charge on any atom is -0.396 e. The summed E-state index contributed by atoms with van der Waals surface area (Å²) in [5, 5.41) is 24.2. The summed E-state index contributed by atoms with van der Waals surface area (Å²) in [6.07, 6.45) is 5.21. The third kappa shape index (κ3) is 3.29. The van der Waals surface area contributed by atoms with E-state index >= 15 is 0 Å². The van der Waals surface area contributed by atoms with E-state index in [-0.39, 0.29) is 17.9 Å². The molecule has 2 saturated carbocycles. The Hall–Kier alpha value is -1.15. The van der Waals surface area contributed by atoms with Gasteiger partial charge in [0.25, 0.3) is 0 Å². The molecule has 2 fully saturated rings. The summed E-state index contributed by atoms with van der Waals surface area (Å²) in [6.45, 7) is 0.862. The first kappa shape index (κ1) is 13.8. The zero-order chi connectivity index (χ0) is 14.0. The van der Waals surface area contributed by atoms with Crippen molar-refractivity contribution in [3.63, 3.8) is 0 Å². The largest absolute Gasteiger partial charge is 0.396 e. The lowest BCUT2D eigenvalue weighted by Gasteiger charge is -2.14. The number of thioether (sulfide) groups is 1. The molecular weight excluding hydrogens is 278 g/mol. The second kappa shape index (κ2) is 5.69.